The molecule has 0 unspecified atom stereocenters. The lowest BCUT2D eigenvalue weighted by molar-refractivity contribution is -0.119. The van der Waals surface area contributed by atoms with Gasteiger partial charge in [0.05, 0.1) is 4.90 Å². The molecule has 7 heteroatoms. The fraction of sp³-hybridized carbons (Fsp3) is 0.208. The summed E-state index contributed by atoms with van der Waals surface area (Å²) in [5.41, 5.74) is 3.02. The summed E-state index contributed by atoms with van der Waals surface area (Å²) in [6.45, 7) is 2.23. The summed E-state index contributed by atoms with van der Waals surface area (Å²) in [5.74, 6) is -0.330. The van der Waals surface area contributed by atoms with Crippen molar-refractivity contribution in [3.05, 3.63) is 72.3 Å². The van der Waals surface area contributed by atoms with Crippen LogP contribution in [0, 0.1) is 6.92 Å². The van der Waals surface area contributed by atoms with E-state index in [1.54, 1.807) is 30.3 Å². The molecule has 5 rings (SSSR count). The van der Waals surface area contributed by atoms with Gasteiger partial charge in [-0.1, -0.05) is 35.9 Å². The van der Waals surface area contributed by atoms with Gasteiger partial charge in [0.2, 0.25) is 15.9 Å². The van der Waals surface area contributed by atoms with Crippen LogP contribution in [0.5, 0.6) is 0 Å². The molecule has 2 heterocycles. The van der Waals surface area contributed by atoms with E-state index in [9.17, 15) is 13.2 Å². The number of benzene rings is 3. The van der Waals surface area contributed by atoms with Crippen LogP contribution in [0.3, 0.4) is 0 Å². The van der Waals surface area contributed by atoms with Gasteiger partial charge >= 0.3 is 0 Å². The van der Waals surface area contributed by atoms with Crippen LogP contribution in [0.2, 0.25) is 0 Å². The number of hydrogen-bond donors (Lipinski definition) is 1. The number of aryl methyl sites for hydroxylation is 1. The van der Waals surface area contributed by atoms with E-state index < -0.39 is 16.1 Å². The third-order valence-electron chi connectivity index (χ3n) is 5.78. The lowest BCUT2D eigenvalue weighted by Gasteiger charge is -2.23. The zero-order valence-corrected chi connectivity index (χ0v) is 17.9. The van der Waals surface area contributed by atoms with Gasteiger partial charge in [-0.25, -0.2) is 8.42 Å². The molecule has 1 aliphatic heterocycles. The number of furan rings is 1. The van der Waals surface area contributed by atoms with Crippen molar-refractivity contribution in [2.45, 2.75) is 30.7 Å². The van der Waals surface area contributed by atoms with Gasteiger partial charge in [-0.3, -0.25) is 4.79 Å². The van der Waals surface area contributed by atoms with Crippen molar-refractivity contribution in [1.29, 1.82) is 0 Å². The number of fused-ring (bicyclic) bond motifs is 3. The molecular formula is C24H22N2O4S. The van der Waals surface area contributed by atoms with Gasteiger partial charge in [0.1, 0.15) is 17.2 Å². The molecule has 4 aromatic rings. The first-order valence-corrected chi connectivity index (χ1v) is 11.7. The van der Waals surface area contributed by atoms with Gasteiger partial charge in [0.15, 0.2) is 0 Å². The quantitative estimate of drug-likeness (QED) is 0.506. The molecule has 1 fully saturated rings. The second kappa shape index (κ2) is 7.51. The first-order valence-electron chi connectivity index (χ1n) is 10.2. The molecule has 0 saturated carbocycles. The van der Waals surface area contributed by atoms with Gasteiger partial charge in [-0.2, -0.15) is 4.31 Å². The highest BCUT2D eigenvalue weighted by atomic mass is 32.2. The lowest BCUT2D eigenvalue weighted by Crippen LogP contribution is -2.43. The van der Waals surface area contributed by atoms with Crippen LogP contribution in [-0.4, -0.2) is 31.2 Å². The molecule has 0 spiro atoms. The monoisotopic (exact) mass is 434 g/mol. The Labute approximate surface area is 180 Å². The number of carbonyl (C=O) groups excluding carboxylic acids is 1. The van der Waals surface area contributed by atoms with Crippen molar-refractivity contribution in [3.63, 3.8) is 0 Å². The zero-order chi connectivity index (χ0) is 21.6. The van der Waals surface area contributed by atoms with E-state index in [2.05, 4.69) is 5.32 Å². The molecule has 158 valence electrons. The molecule has 3 aromatic carbocycles. The van der Waals surface area contributed by atoms with Crippen LogP contribution < -0.4 is 5.32 Å². The Morgan fingerprint density at radius 1 is 1.00 bits per heavy atom. The molecule has 6 nitrogen and oxygen atoms in total. The van der Waals surface area contributed by atoms with Crippen LogP contribution in [0.15, 0.2) is 76.0 Å². The maximum atomic E-state index is 13.1. The summed E-state index contributed by atoms with van der Waals surface area (Å²) in [5, 5.41) is 4.86. The number of rotatable bonds is 4. The van der Waals surface area contributed by atoms with Crippen molar-refractivity contribution >= 4 is 43.6 Å². The molecule has 1 amide bonds. The van der Waals surface area contributed by atoms with Gasteiger partial charge in [-0.15, -0.1) is 0 Å². The van der Waals surface area contributed by atoms with Crippen molar-refractivity contribution in [2.75, 3.05) is 11.9 Å². The van der Waals surface area contributed by atoms with Crippen LogP contribution >= 0.6 is 0 Å². The molecule has 1 aromatic heterocycles. The lowest BCUT2D eigenvalue weighted by atomic mass is 10.1. The predicted octanol–water partition coefficient (Wildman–Crippen LogP) is 4.69. The van der Waals surface area contributed by atoms with Gasteiger partial charge in [-0.05, 0) is 50.1 Å². The van der Waals surface area contributed by atoms with Crippen molar-refractivity contribution < 1.29 is 17.6 Å². The highest BCUT2D eigenvalue weighted by molar-refractivity contribution is 7.89. The first-order chi connectivity index (χ1) is 14.9. The van der Waals surface area contributed by atoms with E-state index in [0.29, 0.717) is 30.7 Å². The smallest absolute Gasteiger partial charge is 0.243 e. The van der Waals surface area contributed by atoms with E-state index in [-0.39, 0.29) is 10.8 Å². The number of amides is 1. The summed E-state index contributed by atoms with van der Waals surface area (Å²) in [4.78, 5) is 13.2. The topological polar surface area (TPSA) is 79.6 Å². The summed E-state index contributed by atoms with van der Waals surface area (Å²) >= 11 is 0. The standard InChI is InChI=1S/C24H22N2O4S/c1-16-8-11-18(12-9-16)31(28,29)26-14-4-6-21(26)24(27)25-17-10-13-20-19-5-2-3-7-22(19)30-23(20)15-17/h2-3,5,7-13,15,21H,4,6,14H2,1H3,(H,25,27)/t21-/m1/s1. The number of hydrogen-bond acceptors (Lipinski definition) is 4. The Morgan fingerprint density at radius 3 is 2.55 bits per heavy atom. The second-order valence-corrected chi connectivity index (χ2v) is 9.78. The zero-order valence-electron chi connectivity index (χ0n) is 17.0. The molecule has 1 saturated heterocycles. The summed E-state index contributed by atoms with van der Waals surface area (Å²) < 4.78 is 33.4. The van der Waals surface area contributed by atoms with E-state index >= 15 is 0 Å². The Bertz CT molecular complexity index is 1390. The number of carbonyl (C=O) groups is 1. The first kappa shape index (κ1) is 19.8. The van der Waals surface area contributed by atoms with Crippen molar-refractivity contribution in [1.82, 2.24) is 4.31 Å². The number of anilines is 1. The molecule has 31 heavy (non-hydrogen) atoms. The maximum Gasteiger partial charge on any atom is 0.243 e. The minimum absolute atomic E-state index is 0.210. The summed E-state index contributed by atoms with van der Waals surface area (Å²) in [6, 6.07) is 19.2. The number of nitrogens with zero attached hydrogens (tertiary/aromatic N) is 1. The Morgan fingerprint density at radius 2 is 1.74 bits per heavy atom. The van der Waals surface area contributed by atoms with Crippen LogP contribution in [0.25, 0.3) is 21.9 Å². The van der Waals surface area contributed by atoms with Crippen LogP contribution in [-0.2, 0) is 14.8 Å². The Hall–Kier alpha value is -3.16. The molecule has 1 atom stereocenters. The largest absolute Gasteiger partial charge is 0.456 e. The Kier molecular flexibility index (Phi) is 4.79. The van der Waals surface area contributed by atoms with Crippen molar-refractivity contribution in [2.24, 2.45) is 0 Å². The summed E-state index contributed by atoms with van der Waals surface area (Å²) in [6.07, 6.45) is 1.13. The normalized spacial score (nSPS) is 17.4. The van der Waals surface area contributed by atoms with Crippen molar-refractivity contribution in [3.8, 4) is 0 Å². The van der Waals surface area contributed by atoms with Crippen LogP contribution in [0.1, 0.15) is 18.4 Å². The second-order valence-electron chi connectivity index (χ2n) is 7.89. The van der Waals surface area contributed by atoms with E-state index in [0.717, 1.165) is 21.9 Å². The SMILES string of the molecule is Cc1ccc(S(=O)(=O)N2CCC[C@@H]2C(=O)Nc2ccc3c(c2)oc2ccccc23)cc1. The fourth-order valence-electron chi connectivity index (χ4n) is 4.16. The third-order valence-corrected chi connectivity index (χ3v) is 7.70. The van der Waals surface area contributed by atoms with E-state index in [1.807, 2.05) is 43.3 Å². The highest BCUT2D eigenvalue weighted by Gasteiger charge is 2.39. The molecule has 1 N–H and O–H groups in total. The average molecular weight is 435 g/mol. The molecule has 0 bridgehead atoms. The van der Waals surface area contributed by atoms with Crippen LogP contribution in [0.4, 0.5) is 5.69 Å². The van der Waals surface area contributed by atoms with Gasteiger partial charge in [0.25, 0.3) is 0 Å². The molecule has 1 aliphatic rings. The minimum atomic E-state index is -3.74. The fourth-order valence-corrected chi connectivity index (χ4v) is 5.82. The molecule has 0 radical (unpaired) electrons. The molecule has 0 aliphatic carbocycles. The minimum Gasteiger partial charge on any atom is -0.456 e. The number of para-hydroxylation sites is 1. The summed E-state index contributed by atoms with van der Waals surface area (Å²) in [7, 11) is -3.74. The third kappa shape index (κ3) is 3.49. The highest BCUT2D eigenvalue weighted by Crippen LogP contribution is 2.31. The molecular weight excluding hydrogens is 412 g/mol. The van der Waals surface area contributed by atoms with E-state index in [1.165, 1.54) is 4.31 Å². The maximum absolute atomic E-state index is 13.1. The number of sulfonamides is 1. The Balaban J connectivity index is 1.40. The van der Waals surface area contributed by atoms with Gasteiger partial charge in [0, 0.05) is 29.1 Å². The van der Waals surface area contributed by atoms with Gasteiger partial charge < -0.3 is 9.73 Å². The predicted molar refractivity (Wildman–Crippen MR) is 120 cm³/mol. The van der Waals surface area contributed by atoms with E-state index in [4.69, 9.17) is 4.42 Å². The average Bonchev–Trinajstić information content (AvgIpc) is 3.39. The number of nitrogens with one attached hydrogen (secondary N) is 1.